The Balaban J connectivity index is 1.48. The zero-order valence-corrected chi connectivity index (χ0v) is 16.7. The molecule has 0 aliphatic carbocycles. The Labute approximate surface area is 172 Å². The van der Waals surface area contributed by atoms with Gasteiger partial charge in [0, 0.05) is 38.3 Å². The fourth-order valence-corrected chi connectivity index (χ4v) is 5.20. The third kappa shape index (κ3) is 3.80. The zero-order valence-electron chi connectivity index (χ0n) is 15.8. The molecule has 10 heteroatoms. The monoisotopic (exact) mass is 435 g/mol. The first kappa shape index (κ1) is 20.4. The summed E-state index contributed by atoms with van der Waals surface area (Å²) in [5, 5.41) is 2.57. The highest BCUT2D eigenvalue weighted by Crippen LogP contribution is 2.34. The topological polar surface area (TPSA) is 86.8 Å². The van der Waals surface area contributed by atoms with E-state index in [4.69, 9.17) is 0 Å². The number of nitrogens with zero attached hydrogens (tertiary/aromatic N) is 2. The minimum atomic E-state index is -3.79. The number of fused-ring (bicyclic) bond motifs is 1. The second-order valence-corrected chi connectivity index (χ2v) is 9.16. The molecule has 2 heterocycles. The van der Waals surface area contributed by atoms with Gasteiger partial charge in [-0.2, -0.15) is 4.31 Å². The van der Waals surface area contributed by atoms with E-state index < -0.39 is 27.6 Å². The molecule has 0 spiro atoms. The number of amides is 2. The number of sulfonamides is 1. The second kappa shape index (κ2) is 7.77. The average molecular weight is 435 g/mol. The predicted molar refractivity (Wildman–Crippen MR) is 104 cm³/mol. The zero-order chi connectivity index (χ0) is 21.5. The van der Waals surface area contributed by atoms with Crippen molar-refractivity contribution in [3.63, 3.8) is 0 Å². The number of halogens is 2. The van der Waals surface area contributed by atoms with Gasteiger partial charge in [-0.15, -0.1) is 0 Å². The first-order chi connectivity index (χ1) is 14.3. The number of nitrogens with one attached hydrogen (secondary N) is 1. The molecule has 1 N–H and O–H groups in total. The van der Waals surface area contributed by atoms with Crippen molar-refractivity contribution in [2.45, 2.75) is 17.2 Å². The number of anilines is 1. The molecular formula is C20H19F2N3O4S. The van der Waals surface area contributed by atoms with Crippen LogP contribution in [0.2, 0.25) is 0 Å². The first-order valence-electron chi connectivity index (χ1n) is 9.39. The summed E-state index contributed by atoms with van der Waals surface area (Å²) in [6.07, 6.45) is -0.0500. The van der Waals surface area contributed by atoms with E-state index in [1.807, 2.05) is 0 Å². The Kier molecular flexibility index (Phi) is 5.29. The molecule has 2 aromatic carbocycles. The molecule has 158 valence electrons. The standard InChI is InChI=1S/C20H19F2N3O4S/c21-13-1-4-15(5-2-13)30(28,29)25-9-7-24(8-10-25)20(27)17-12-19(26)23-18-11-14(22)3-6-16(17)18/h1-6,11,17H,7-10,12H2,(H,23,26). The summed E-state index contributed by atoms with van der Waals surface area (Å²) in [5.74, 6) is -2.45. The Morgan fingerprint density at radius 3 is 2.27 bits per heavy atom. The van der Waals surface area contributed by atoms with Gasteiger partial charge in [0.15, 0.2) is 0 Å². The van der Waals surface area contributed by atoms with E-state index >= 15 is 0 Å². The number of benzene rings is 2. The highest BCUT2D eigenvalue weighted by molar-refractivity contribution is 7.89. The van der Waals surface area contributed by atoms with Gasteiger partial charge in [-0.05, 0) is 42.0 Å². The quantitative estimate of drug-likeness (QED) is 0.798. The van der Waals surface area contributed by atoms with E-state index in [0.29, 0.717) is 5.56 Å². The van der Waals surface area contributed by atoms with E-state index in [-0.39, 0.29) is 55.0 Å². The minimum absolute atomic E-state index is 0.0106. The normalized spacial score (nSPS) is 19.9. The molecule has 0 bridgehead atoms. The summed E-state index contributed by atoms with van der Waals surface area (Å²) >= 11 is 0. The van der Waals surface area contributed by atoms with Crippen LogP contribution in [-0.4, -0.2) is 55.6 Å². The SMILES string of the molecule is O=C1CC(C(=O)N2CCN(S(=O)(=O)c3ccc(F)cc3)CC2)c2ccc(F)cc2N1. The maximum atomic E-state index is 13.5. The average Bonchev–Trinajstić information content (AvgIpc) is 2.72. The second-order valence-electron chi connectivity index (χ2n) is 7.22. The molecule has 0 saturated carbocycles. The van der Waals surface area contributed by atoms with E-state index in [0.717, 1.165) is 12.1 Å². The van der Waals surface area contributed by atoms with Gasteiger partial charge in [0.05, 0.1) is 10.8 Å². The lowest BCUT2D eigenvalue weighted by Gasteiger charge is -2.36. The van der Waals surface area contributed by atoms with Crippen LogP contribution in [0.4, 0.5) is 14.5 Å². The Bertz CT molecular complexity index is 1100. The molecule has 2 aliphatic heterocycles. The summed E-state index contributed by atoms with van der Waals surface area (Å²) < 4.78 is 53.3. The van der Waals surface area contributed by atoms with Crippen molar-refractivity contribution < 1.29 is 26.8 Å². The highest BCUT2D eigenvalue weighted by Gasteiger charge is 2.36. The van der Waals surface area contributed by atoms with Gasteiger partial charge in [-0.3, -0.25) is 9.59 Å². The van der Waals surface area contributed by atoms with Gasteiger partial charge in [0.25, 0.3) is 0 Å². The van der Waals surface area contributed by atoms with Crippen molar-refractivity contribution in [2.24, 2.45) is 0 Å². The summed E-state index contributed by atoms with van der Waals surface area (Å²) in [6, 6.07) is 8.49. The molecule has 2 aliphatic rings. The molecule has 1 atom stereocenters. The van der Waals surface area contributed by atoms with E-state index in [2.05, 4.69) is 5.32 Å². The number of hydrogen-bond donors (Lipinski definition) is 1. The van der Waals surface area contributed by atoms with E-state index in [1.165, 1.54) is 39.5 Å². The Hall–Kier alpha value is -2.85. The number of carbonyl (C=O) groups is 2. The van der Waals surface area contributed by atoms with Crippen molar-refractivity contribution in [1.29, 1.82) is 0 Å². The highest BCUT2D eigenvalue weighted by atomic mass is 32.2. The fraction of sp³-hybridized carbons (Fsp3) is 0.300. The molecule has 0 aromatic heterocycles. The van der Waals surface area contributed by atoms with Gasteiger partial charge in [-0.25, -0.2) is 17.2 Å². The van der Waals surface area contributed by atoms with Crippen LogP contribution in [0.1, 0.15) is 17.9 Å². The van der Waals surface area contributed by atoms with Gasteiger partial charge in [-0.1, -0.05) is 6.07 Å². The molecule has 4 rings (SSSR count). The van der Waals surface area contributed by atoms with Crippen molar-refractivity contribution in [3.8, 4) is 0 Å². The molecule has 2 amide bonds. The number of rotatable bonds is 3. The summed E-state index contributed by atoms with van der Waals surface area (Å²) in [5.41, 5.74) is 0.824. The molecular weight excluding hydrogens is 416 g/mol. The lowest BCUT2D eigenvalue weighted by atomic mass is 9.89. The van der Waals surface area contributed by atoms with Crippen LogP contribution >= 0.6 is 0 Å². The number of hydrogen-bond acceptors (Lipinski definition) is 4. The van der Waals surface area contributed by atoms with Gasteiger partial charge < -0.3 is 10.2 Å². The maximum Gasteiger partial charge on any atom is 0.243 e. The van der Waals surface area contributed by atoms with Crippen molar-refractivity contribution >= 4 is 27.5 Å². The Morgan fingerprint density at radius 2 is 1.60 bits per heavy atom. The smallest absolute Gasteiger partial charge is 0.243 e. The minimum Gasteiger partial charge on any atom is -0.340 e. The van der Waals surface area contributed by atoms with Crippen LogP contribution in [0, 0.1) is 11.6 Å². The first-order valence-corrected chi connectivity index (χ1v) is 10.8. The van der Waals surface area contributed by atoms with Crippen LogP contribution in [0.3, 0.4) is 0 Å². The van der Waals surface area contributed by atoms with Crippen LogP contribution in [0.15, 0.2) is 47.4 Å². The third-order valence-corrected chi connectivity index (χ3v) is 7.27. The molecule has 1 saturated heterocycles. The largest absolute Gasteiger partial charge is 0.340 e. The van der Waals surface area contributed by atoms with Crippen LogP contribution in [-0.2, 0) is 19.6 Å². The molecule has 1 fully saturated rings. The van der Waals surface area contributed by atoms with Crippen molar-refractivity contribution in [1.82, 2.24) is 9.21 Å². The van der Waals surface area contributed by atoms with E-state index in [9.17, 15) is 26.8 Å². The van der Waals surface area contributed by atoms with Crippen molar-refractivity contribution in [2.75, 3.05) is 31.5 Å². The van der Waals surface area contributed by atoms with Crippen LogP contribution in [0.5, 0.6) is 0 Å². The predicted octanol–water partition coefficient (Wildman–Crippen LogP) is 1.92. The Morgan fingerprint density at radius 1 is 0.967 bits per heavy atom. The molecule has 0 radical (unpaired) electrons. The summed E-state index contributed by atoms with van der Waals surface area (Å²) in [6.45, 7) is 0.489. The summed E-state index contributed by atoms with van der Waals surface area (Å²) in [7, 11) is -3.79. The van der Waals surface area contributed by atoms with Gasteiger partial charge >= 0.3 is 0 Å². The van der Waals surface area contributed by atoms with Crippen LogP contribution in [0.25, 0.3) is 0 Å². The van der Waals surface area contributed by atoms with E-state index in [1.54, 1.807) is 0 Å². The lowest BCUT2D eigenvalue weighted by Crippen LogP contribution is -2.52. The number of piperazine rings is 1. The molecule has 2 aromatic rings. The lowest BCUT2D eigenvalue weighted by molar-refractivity contribution is -0.136. The number of carbonyl (C=O) groups excluding carboxylic acids is 2. The summed E-state index contributed by atoms with van der Waals surface area (Å²) in [4.78, 5) is 26.5. The van der Waals surface area contributed by atoms with Gasteiger partial charge in [0.2, 0.25) is 21.8 Å². The van der Waals surface area contributed by atoms with Gasteiger partial charge in [0.1, 0.15) is 11.6 Å². The van der Waals surface area contributed by atoms with Crippen molar-refractivity contribution in [3.05, 3.63) is 59.7 Å². The van der Waals surface area contributed by atoms with Crippen LogP contribution < -0.4 is 5.32 Å². The molecule has 7 nitrogen and oxygen atoms in total. The molecule has 1 unspecified atom stereocenters. The third-order valence-electron chi connectivity index (χ3n) is 5.35. The fourth-order valence-electron chi connectivity index (χ4n) is 3.78. The maximum absolute atomic E-state index is 13.5. The molecule has 30 heavy (non-hydrogen) atoms.